The molecule has 2 nitrogen and oxygen atoms in total. The van der Waals surface area contributed by atoms with Crippen LogP contribution in [-0.4, -0.2) is 19.0 Å². The van der Waals surface area contributed by atoms with Crippen molar-refractivity contribution in [2.24, 2.45) is 11.3 Å². The van der Waals surface area contributed by atoms with Crippen molar-refractivity contribution < 1.29 is 8.42 Å². The maximum Gasteiger partial charge on any atom is 0.182 e. The van der Waals surface area contributed by atoms with Crippen molar-refractivity contribution in [1.29, 1.82) is 0 Å². The molecule has 1 aromatic rings. The fourth-order valence-corrected chi connectivity index (χ4v) is 5.59. The number of benzene rings is 1. The topological polar surface area (TPSA) is 34.1 Å². The Morgan fingerprint density at radius 3 is 2.20 bits per heavy atom. The molecular weight excluding hydrogens is 292 g/mol. The van der Waals surface area contributed by atoms with E-state index in [1.165, 1.54) is 0 Å². The first kappa shape index (κ1) is 15.8. The van der Waals surface area contributed by atoms with Crippen LogP contribution in [0.25, 0.3) is 0 Å². The molecule has 3 atom stereocenters. The largest absolute Gasteiger partial charge is 0.223 e. The molecule has 0 aliphatic heterocycles. The van der Waals surface area contributed by atoms with Crippen LogP contribution >= 0.6 is 11.6 Å². The predicted octanol–water partition coefficient (Wildman–Crippen LogP) is 4.28. The number of alkyl halides is 1. The molecule has 4 heteroatoms. The maximum atomic E-state index is 12.7. The van der Waals surface area contributed by atoms with Crippen LogP contribution < -0.4 is 0 Å². The zero-order valence-electron chi connectivity index (χ0n) is 12.3. The molecule has 0 aromatic heterocycles. The number of halogens is 1. The predicted molar refractivity (Wildman–Crippen MR) is 83.9 cm³/mol. The average molecular weight is 315 g/mol. The van der Waals surface area contributed by atoms with Gasteiger partial charge in [-0.25, -0.2) is 8.42 Å². The molecular formula is C16H23ClO2S. The molecule has 3 unspecified atom stereocenters. The van der Waals surface area contributed by atoms with Gasteiger partial charge in [0.05, 0.1) is 15.5 Å². The number of hydrogen-bond donors (Lipinski definition) is 0. The second kappa shape index (κ2) is 5.69. The van der Waals surface area contributed by atoms with E-state index in [1.807, 2.05) is 6.07 Å². The third-order valence-electron chi connectivity index (χ3n) is 4.41. The van der Waals surface area contributed by atoms with Crippen LogP contribution in [-0.2, 0) is 9.84 Å². The second-order valence-corrected chi connectivity index (χ2v) is 9.52. The molecule has 1 saturated carbocycles. The Labute approximate surface area is 127 Å². The first-order chi connectivity index (χ1) is 9.23. The fourth-order valence-electron chi connectivity index (χ4n) is 3.01. The molecule has 1 fully saturated rings. The van der Waals surface area contributed by atoms with Crippen LogP contribution in [0.2, 0.25) is 0 Å². The van der Waals surface area contributed by atoms with Crippen molar-refractivity contribution in [3.8, 4) is 0 Å². The average Bonchev–Trinajstić information content (AvgIpc) is 2.38. The summed E-state index contributed by atoms with van der Waals surface area (Å²) in [6.45, 7) is 6.61. The highest BCUT2D eigenvalue weighted by atomic mass is 35.5. The zero-order chi connectivity index (χ0) is 15.0. The van der Waals surface area contributed by atoms with E-state index in [0.29, 0.717) is 17.2 Å². The summed E-state index contributed by atoms with van der Waals surface area (Å²) in [5.74, 6) is 0.493. The summed E-state index contributed by atoms with van der Waals surface area (Å²) in [5.41, 5.74) is 0.189. The van der Waals surface area contributed by atoms with Gasteiger partial charge in [0.2, 0.25) is 0 Å². The standard InChI is InChI=1S/C16H23ClO2S/c1-16(2,3)12-9-10-15(14(17)11-12)20(18,19)13-7-5-4-6-8-13/h4-8,12,14-15H,9-11H2,1-3H3. The van der Waals surface area contributed by atoms with E-state index in [9.17, 15) is 8.42 Å². The lowest BCUT2D eigenvalue weighted by Gasteiger charge is -2.39. The molecule has 0 radical (unpaired) electrons. The van der Waals surface area contributed by atoms with Crippen molar-refractivity contribution in [2.45, 2.75) is 55.6 Å². The molecule has 0 amide bonds. The van der Waals surface area contributed by atoms with Crippen LogP contribution in [0.3, 0.4) is 0 Å². The van der Waals surface area contributed by atoms with Crippen LogP contribution in [0.15, 0.2) is 35.2 Å². The lowest BCUT2D eigenvalue weighted by atomic mass is 9.72. The summed E-state index contributed by atoms with van der Waals surface area (Å²) in [4.78, 5) is 0.393. The van der Waals surface area contributed by atoms with E-state index in [0.717, 1.165) is 12.8 Å². The Hall–Kier alpha value is -0.540. The number of hydrogen-bond acceptors (Lipinski definition) is 2. The quantitative estimate of drug-likeness (QED) is 0.763. The monoisotopic (exact) mass is 314 g/mol. The minimum absolute atomic E-state index is 0.189. The van der Waals surface area contributed by atoms with Gasteiger partial charge in [0, 0.05) is 0 Å². The molecule has 112 valence electrons. The smallest absolute Gasteiger partial charge is 0.182 e. The van der Waals surface area contributed by atoms with Gasteiger partial charge in [-0.2, -0.15) is 0 Å². The molecule has 1 aliphatic rings. The Bertz CT molecular complexity index is 546. The van der Waals surface area contributed by atoms with Crippen LogP contribution in [0.1, 0.15) is 40.0 Å². The van der Waals surface area contributed by atoms with Gasteiger partial charge in [-0.1, -0.05) is 39.0 Å². The first-order valence-electron chi connectivity index (χ1n) is 7.16. The van der Waals surface area contributed by atoms with E-state index in [-0.39, 0.29) is 10.8 Å². The van der Waals surface area contributed by atoms with Gasteiger partial charge in [-0.05, 0) is 42.7 Å². The summed E-state index contributed by atoms with van der Waals surface area (Å²) in [6.07, 6.45) is 2.37. The zero-order valence-corrected chi connectivity index (χ0v) is 13.9. The van der Waals surface area contributed by atoms with E-state index in [2.05, 4.69) is 20.8 Å². The van der Waals surface area contributed by atoms with E-state index >= 15 is 0 Å². The number of sulfone groups is 1. The SMILES string of the molecule is CC(C)(C)C1CCC(S(=O)(=O)c2ccccc2)C(Cl)C1. The molecule has 0 spiro atoms. The van der Waals surface area contributed by atoms with Crippen molar-refractivity contribution in [3.63, 3.8) is 0 Å². The summed E-state index contributed by atoms with van der Waals surface area (Å²) in [7, 11) is -3.31. The third-order valence-corrected chi connectivity index (χ3v) is 7.33. The van der Waals surface area contributed by atoms with Gasteiger partial charge >= 0.3 is 0 Å². The first-order valence-corrected chi connectivity index (χ1v) is 9.14. The molecule has 0 heterocycles. The molecule has 1 aliphatic carbocycles. The Kier molecular flexibility index (Phi) is 4.50. The molecule has 0 N–H and O–H groups in total. The molecule has 0 saturated heterocycles. The molecule has 1 aromatic carbocycles. The van der Waals surface area contributed by atoms with Gasteiger partial charge in [0.25, 0.3) is 0 Å². The van der Waals surface area contributed by atoms with Crippen molar-refractivity contribution in [1.82, 2.24) is 0 Å². The number of rotatable bonds is 2. The molecule has 2 rings (SSSR count). The second-order valence-electron chi connectivity index (χ2n) is 6.79. The summed E-state index contributed by atoms with van der Waals surface area (Å²) >= 11 is 6.44. The van der Waals surface area contributed by atoms with Gasteiger partial charge in [0.1, 0.15) is 0 Å². The minimum Gasteiger partial charge on any atom is -0.223 e. The minimum atomic E-state index is -3.31. The van der Waals surface area contributed by atoms with Crippen molar-refractivity contribution in [3.05, 3.63) is 30.3 Å². The third kappa shape index (κ3) is 3.20. The van der Waals surface area contributed by atoms with E-state index < -0.39 is 15.1 Å². The normalized spacial score (nSPS) is 28.3. The van der Waals surface area contributed by atoms with Gasteiger partial charge in [-0.15, -0.1) is 11.6 Å². The lowest BCUT2D eigenvalue weighted by molar-refractivity contribution is 0.183. The van der Waals surface area contributed by atoms with Crippen LogP contribution in [0.4, 0.5) is 0 Å². The Morgan fingerprint density at radius 1 is 1.10 bits per heavy atom. The van der Waals surface area contributed by atoms with E-state index in [1.54, 1.807) is 24.3 Å². The Morgan fingerprint density at radius 2 is 1.70 bits per heavy atom. The summed E-state index contributed by atoms with van der Waals surface area (Å²) < 4.78 is 25.3. The highest BCUT2D eigenvalue weighted by Gasteiger charge is 2.41. The van der Waals surface area contributed by atoms with Crippen molar-refractivity contribution >= 4 is 21.4 Å². The summed E-state index contributed by atoms with van der Waals surface area (Å²) in [5, 5.41) is -0.747. The van der Waals surface area contributed by atoms with Gasteiger partial charge in [0.15, 0.2) is 9.84 Å². The highest BCUT2D eigenvalue weighted by molar-refractivity contribution is 7.92. The van der Waals surface area contributed by atoms with Crippen molar-refractivity contribution in [2.75, 3.05) is 0 Å². The Balaban J connectivity index is 2.20. The highest BCUT2D eigenvalue weighted by Crippen LogP contribution is 2.42. The maximum absolute atomic E-state index is 12.7. The lowest BCUT2D eigenvalue weighted by Crippen LogP contribution is -2.39. The molecule has 0 bridgehead atoms. The van der Waals surface area contributed by atoms with E-state index in [4.69, 9.17) is 11.6 Å². The van der Waals surface area contributed by atoms with Gasteiger partial charge < -0.3 is 0 Å². The fraction of sp³-hybridized carbons (Fsp3) is 0.625. The van der Waals surface area contributed by atoms with Crippen LogP contribution in [0, 0.1) is 11.3 Å². The van der Waals surface area contributed by atoms with Crippen LogP contribution in [0.5, 0.6) is 0 Å². The summed E-state index contributed by atoms with van der Waals surface area (Å²) in [6, 6.07) is 8.67. The molecule has 20 heavy (non-hydrogen) atoms. The van der Waals surface area contributed by atoms with Gasteiger partial charge in [-0.3, -0.25) is 0 Å².